The van der Waals surface area contributed by atoms with E-state index in [1.807, 2.05) is 13.2 Å². The summed E-state index contributed by atoms with van der Waals surface area (Å²) < 4.78 is 19.8. The lowest BCUT2D eigenvalue weighted by atomic mass is 10.3. The van der Waals surface area contributed by atoms with Crippen LogP contribution in [-0.4, -0.2) is 34.1 Å². The van der Waals surface area contributed by atoms with Crippen LogP contribution in [0.2, 0.25) is 0 Å². The molecule has 108 valence electrons. The Labute approximate surface area is 117 Å². The zero-order valence-corrected chi connectivity index (χ0v) is 11.3. The smallest absolute Gasteiger partial charge is 0.123 e. The minimum Gasteiger partial charge on any atom is -0.491 e. The third-order valence-corrected chi connectivity index (χ3v) is 2.72. The molecule has 1 aromatic heterocycles. The summed E-state index contributed by atoms with van der Waals surface area (Å²) in [6.45, 7) is 1.21. The number of aromatic nitrogens is 2. The Morgan fingerprint density at radius 1 is 1.40 bits per heavy atom. The minimum absolute atomic E-state index is 0.158. The number of hydrogen-bond donors (Lipinski definition) is 2. The Morgan fingerprint density at radius 2 is 2.15 bits per heavy atom. The summed E-state index contributed by atoms with van der Waals surface area (Å²) >= 11 is 0. The average molecular weight is 279 g/mol. The van der Waals surface area contributed by atoms with E-state index in [9.17, 15) is 9.50 Å². The summed E-state index contributed by atoms with van der Waals surface area (Å²) in [4.78, 5) is 0. The van der Waals surface area contributed by atoms with Gasteiger partial charge in [0.1, 0.15) is 24.3 Å². The molecular weight excluding hydrogens is 261 g/mol. The number of benzene rings is 1. The molecule has 5 nitrogen and oxygen atoms in total. The van der Waals surface area contributed by atoms with E-state index < -0.39 is 6.10 Å². The first-order chi connectivity index (χ1) is 9.63. The van der Waals surface area contributed by atoms with Gasteiger partial charge in [-0.3, -0.25) is 4.68 Å². The van der Waals surface area contributed by atoms with Crippen LogP contribution in [0.3, 0.4) is 0 Å². The van der Waals surface area contributed by atoms with Crippen LogP contribution in [0.15, 0.2) is 36.7 Å². The van der Waals surface area contributed by atoms with Gasteiger partial charge < -0.3 is 15.2 Å². The molecule has 6 heteroatoms. The molecule has 20 heavy (non-hydrogen) atoms. The second-order valence-corrected chi connectivity index (χ2v) is 4.57. The normalized spacial score (nSPS) is 12.3. The first-order valence-electron chi connectivity index (χ1n) is 6.38. The van der Waals surface area contributed by atoms with E-state index in [4.69, 9.17) is 4.74 Å². The van der Waals surface area contributed by atoms with E-state index in [0.29, 0.717) is 18.8 Å². The maximum Gasteiger partial charge on any atom is 0.123 e. The van der Waals surface area contributed by atoms with Crippen molar-refractivity contribution in [3.63, 3.8) is 0 Å². The fourth-order valence-electron chi connectivity index (χ4n) is 1.73. The fraction of sp³-hybridized carbons (Fsp3) is 0.357. The Morgan fingerprint density at radius 3 is 2.80 bits per heavy atom. The third-order valence-electron chi connectivity index (χ3n) is 2.72. The van der Waals surface area contributed by atoms with Crippen LogP contribution in [-0.2, 0) is 13.6 Å². The molecule has 0 aliphatic heterocycles. The predicted molar refractivity (Wildman–Crippen MR) is 72.8 cm³/mol. The zero-order valence-electron chi connectivity index (χ0n) is 11.3. The van der Waals surface area contributed by atoms with Crippen LogP contribution >= 0.6 is 0 Å². The van der Waals surface area contributed by atoms with Crippen LogP contribution in [0, 0.1) is 5.82 Å². The maximum atomic E-state index is 12.7. The summed E-state index contributed by atoms with van der Waals surface area (Å²) in [5, 5.41) is 16.9. The summed E-state index contributed by atoms with van der Waals surface area (Å²) in [6, 6.07) is 5.71. The summed E-state index contributed by atoms with van der Waals surface area (Å²) in [7, 11) is 1.86. The maximum absolute atomic E-state index is 12.7. The van der Waals surface area contributed by atoms with Gasteiger partial charge in [-0.05, 0) is 24.3 Å². The molecular formula is C14H18FN3O2. The molecule has 1 heterocycles. The number of aryl methyl sites for hydroxylation is 1. The van der Waals surface area contributed by atoms with Gasteiger partial charge in [0.2, 0.25) is 0 Å². The highest BCUT2D eigenvalue weighted by molar-refractivity contribution is 5.22. The van der Waals surface area contributed by atoms with Gasteiger partial charge in [-0.25, -0.2) is 4.39 Å². The van der Waals surface area contributed by atoms with E-state index >= 15 is 0 Å². The first-order valence-corrected chi connectivity index (χ1v) is 6.38. The quantitative estimate of drug-likeness (QED) is 0.796. The van der Waals surface area contributed by atoms with Crippen molar-refractivity contribution in [2.24, 2.45) is 7.05 Å². The Hall–Kier alpha value is -1.92. The van der Waals surface area contributed by atoms with E-state index in [1.54, 1.807) is 10.9 Å². The monoisotopic (exact) mass is 279 g/mol. The standard InChI is InChI=1S/C14H18FN3O2/c1-18-9-11(7-17-18)6-16-8-13(19)10-20-14-4-2-12(15)3-5-14/h2-5,7,9,13,16,19H,6,8,10H2,1H3. The average Bonchev–Trinajstić information content (AvgIpc) is 2.84. The van der Waals surface area contributed by atoms with Crippen molar-refractivity contribution in [2.75, 3.05) is 13.2 Å². The van der Waals surface area contributed by atoms with Crippen molar-refractivity contribution < 1.29 is 14.2 Å². The predicted octanol–water partition coefficient (Wildman–Crippen LogP) is 1.09. The number of aliphatic hydroxyl groups is 1. The van der Waals surface area contributed by atoms with E-state index in [-0.39, 0.29) is 12.4 Å². The van der Waals surface area contributed by atoms with Crippen molar-refractivity contribution in [2.45, 2.75) is 12.6 Å². The van der Waals surface area contributed by atoms with Gasteiger partial charge in [-0.15, -0.1) is 0 Å². The van der Waals surface area contributed by atoms with Gasteiger partial charge in [-0.2, -0.15) is 5.10 Å². The van der Waals surface area contributed by atoms with Crippen LogP contribution < -0.4 is 10.1 Å². The molecule has 0 amide bonds. The number of ether oxygens (including phenoxy) is 1. The Bertz CT molecular complexity index is 527. The fourth-order valence-corrected chi connectivity index (χ4v) is 1.73. The lowest BCUT2D eigenvalue weighted by Gasteiger charge is -2.12. The van der Waals surface area contributed by atoms with Crippen molar-refractivity contribution in [1.82, 2.24) is 15.1 Å². The number of nitrogens with zero attached hydrogens (tertiary/aromatic N) is 2. The highest BCUT2D eigenvalue weighted by Gasteiger charge is 2.05. The molecule has 2 N–H and O–H groups in total. The molecule has 0 bridgehead atoms. The van der Waals surface area contributed by atoms with E-state index in [1.165, 1.54) is 24.3 Å². The van der Waals surface area contributed by atoms with Crippen molar-refractivity contribution in [3.05, 3.63) is 48.0 Å². The Balaban J connectivity index is 1.65. The van der Waals surface area contributed by atoms with Gasteiger partial charge >= 0.3 is 0 Å². The number of rotatable bonds is 7. The molecule has 2 aromatic rings. The summed E-state index contributed by atoms with van der Waals surface area (Å²) in [5.41, 5.74) is 1.05. The van der Waals surface area contributed by atoms with E-state index in [0.717, 1.165) is 5.56 Å². The van der Waals surface area contributed by atoms with Crippen LogP contribution in [0.5, 0.6) is 5.75 Å². The molecule has 0 aliphatic carbocycles. The van der Waals surface area contributed by atoms with E-state index in [2.05, 4.69) is 10.4 Å². The lowest BCUT2D eigenvalue weighted by Crippen LogP contribution is -2.31. The van der Waals surface area contributed by atoms with Crippen LogP contribution in [0.25, 0.3) is 0 Å². The number of hydrogen-bond acceptors (Lipinski definition) is 4. The topological polar surface area (TPSA) is 59.3 Å². The number of nitrogens with one attached hydrogen (secondary N) is 1. The Kier molecular flexibility index (Phi) is 5.09. The first kappa shape index (κ1) is 14.5. The summed E-state index contributed by atoms with van der Waals surface area (Å²) in [6.07, 6.45) is 3.06. The highest BCUT2D eigenvalue weighted by Crippen LogP contribution is 2.11. The molecule has 0 saturated heterocycles. The molecule has 0 fully saturated rings. The third kappa shape index (κ3) is 4.64. The second kappa shape index (κ2) is 7.02. The van der Waals surface area contributed by atoms with Crippen LogP contribution in [0.1, 0.15) is 5.56 Å². The van der Waals surface area contributed by atoms with Crippen molar-refractivity contribution in [3.8, 4) is 5.75 Å². The van der Waals surface area contributed by atoms with Gasteiger partial charge in [0.25, 0.3) is 0 Å². The summed E-state index contributed by atoms with van der Waals surface area (Å²) in [5.74, 6) is 0.230. The molecule has 1 aromatic carbocycles. The largest absolute Gasteiger partial charge is 0.491 e. The number of halogens is 1. The second-order valence-electron chi connectivity index (χ2n) is 4.57. The van der Waals surface area contributed by atoms with Crippen molar-refractivity contribution in [1.29, 1.82) is 0 Å². The lowest BCUT2D eigenvalue weighted by molar-refractivity contribution is 0.106. The SMILES string of the molecule is Cn1cc(CNCC(O)COc2ccc(F)cc2)cn1. The molecule has 1 atom stereocenters. The molecule has 0 aliphatic rings. The molecule has 0 radical (unpaired) electrons. The molecule has 1 unspecified atom stereocenters. The highest BCUT2D eigenvalue weighted by atomic mass is 19.1. The molecule has 0 spiro atoms. The van der Waals surface area contributed by atoms with Gasteiger partial charge in [0, 0.05) is 31.9 Å². The molecule has 2 rings (SSSR count). The van der Waals surface area contributed by atoms with Gasteiger partial charge in [-0.1, -0.05) is 0 Å². The zero-order chi connectivity index (χ0) is 14.4. The van der Waals surface area contributed by atoms with Crippen molar-refractivity contribution >= 4 is 0 Å². The number of aliphatic hydroxyl groups excluding tert-OH is 1. The van der Waals surface area contributed by atoms with Gasteiger partial charge in [0.05, 0.1) is 6.20 Å². The minimum atomic E-state index is -0.628. The van der Waals surface area contributed by atoms with Gasteiger partial charge in [0.15, 0.2) is 0 Å². The molecule has 0 saturated carbocycles. The van der Waals surface area contributed by atoms with Crippen LogP contribution in [0.4, 0.5) is 4.39 Å².